The minimum atomic E-state index is 0.172. The molecule has 2 heteroatoms. The van der Waals surface area contributed by atoms with E-state index in [2.05, 4.69) is 88.4 Å². The van der Waals surface area contributed by atoms with Crippen molar-refractivity contribution < 1.29 is 9.84 Å². The van der Waals surface area contributed by atoms with E-state index in [0.717, 1.165) is 37.9 Å². The van der Waals surface area contributed by atoms with Crippen LogP contribution in [0, 0.1) is 0 Å². The second-order valence-corrected chi connectivity index (χ2v) is 10.7. The van der Waals surface area contributed by atoms with Gasteiger partial charge in [0.2, 0.25) is 0 Å². The van der Waals surface area contributed by atoms with E-state index in [0.29, 0.717) is 17.6 Å². The zero-order valence-corrected chi connectivity index (χ0v) is 23.4. The second kappa shape index (κ2) is 13.3. The molecule has 4 aromatic rings. The Bertz CT molecular complexity index is 1310. The van der Waals surface area contributed by atoms with E-state index in [1.807, 2.05) is 24.3 Å². The Morgan fingerprint density at radius 2 is 1.13 bits per heavy atom. The summed E-state index contributed by atoms with van der Waals surface area (Å²) in [6.45, 7) is 9.03. The van der Waals surface area contributed by atoms with Crippen molar-refractivity contribution >= 4 is 0 Å². The van der Waals surface area contributed by atoms with Crippen molar-refractivity contribution in [2.45, 2.75) is 78.1 Å². The third kappa shape index (κ3) is 7.51. The minimum Gasteiger partial charge on any atom is -0.504 e. The van der Waals surface area contributed by atoms with Gasteiger partial charge in [0, 0.05) is 0 Å². The molecule has 4 aromatic carbocycles. The molecule has 1 N–H and O–H groups in total. The van der Waals surface area contributed by atoms with Gasteiger partial charge in [-0.3, -0.25) is 0 Å². The topological polar surface area (TPSA) is 29.5 Å². The summed E-state index contributed by atoms with van der Waals surface area (Å²) in [4.78, 5) is 0. The molecule has 0 aliphatic carbocycles. The third-order valence-electron chi connectivity index (χ3n) is 7.38. The fourth-order valence-electron chi connectivity index (χ4n) is 5.22. The second-order valence-electron chi connectivity index (χ2n) is 10.7. The molecule has 0 aliphatic rings. The van der Waals surface area contributed by atoms with E-state index in [4.69, 9.17) is 4.74 Å². The van der Waals surface area contributed by atoms with Crippen LogP contribution in [-0.2, 0) is 25.7 Å². The van der Waals surface area contributed by atoms with E-state index in [1.165, 1.54) is 39.8 Å². The summed E-state index contributed by atoms with van der Waals surface area (Å²) < 4.78 is 6.00. The first kappa shape index (κ1) is 27.5. The smallest absolute Gasteiger partial charge is 0.169 e. The lowest BCUT2D eigenvalue weighted by atomic mass is 9.88. The highest BCUT2D eigenvalue weighted by Gasteiger charge is 2.12. The van der Waals surface area contributed by atoms with Crippen molar-refractivity contribution in [3.05, 3.63) is 124 Å². The van der Waals surface area contributed by atoms with Gasteiger partial charge in [0.05, 0.1) is 0 Å². The highest BCUT2D eigenvalue weighted by atomic mass is 16.5. The molecule has 0 amide bonds. The van der Waals surface area contributed by atoms with Gasteiger partial charge in [-0.05, 0) is 95.2 Å². The standard InChI is InChI=1S/C36H42O2/c1-5-9-28-11-7-13-32(23-28)27(4)22-31-12-8-14-33(24-31)26(3)21-30-15-18-34(19-16-30)38-36-25-29(10-6-2)17-20-35(36)37/h7-8,11-20,23-27,37H,5-6,9-10,21-22H2,1-4H3. The molecule has 2 atom stereocenters. The summed E-state index contributed by atoms with van der Waals surface area (Å²) in [5.41, 5.74) is 8.11. The lowest BCUT2D eigenvalue weighted by molar-refractivity contribution is 0.410. The summed E-state index contributed by atoms with van der Waals surface area (Å²) >= 11 is 0. The number of hydrogen-bond donors (Lipinski definition) is 1. The van der Waals surface area contributed by atoms with Gasteiger partial charge in [0.15, 0.2) is 11.5 Å². The van der Waals surface area contributed by atoms with E-state index < -0.39 is 0 Å². The first-order chi connectivity index (χ1) is 18.4. The van der Waals surface area contributed by atoms with Crippen molar-refractivity contribution in [2.24, 2.45) is 0 Å². The molecule has 0 spiro atoms. The Morgan fingerprint density at radius 3 is 1.76 bits per heavy atom. The molecule has 0 saturated heterocycles. The van der Waals surface area contributed by atoms with Gasteiger partial charge in [0.1, 0.15) is 5.75 Å². The van der Waals surface area contributed by atoms with Crippen LogP contribution in [0.15, 0.2) is 91.0 Å². The lowest BCUT2D eigenvalue weighted by Crippen LogP contribution is -2.02. The van der Waals surface area contributed by atoms with Gasteiger partial charge < -0.3 is 9.84 Å². The van der Waals surface area contributed by atoms with Crippen molar-refractivity contribution in [1.29, 1.82) is 0 Å². The van der Waals surface area contributed by atoms with Crippen LogP contribution in [0.5, 0.6) is 17.2 Å². The quantitative estimate of drug-likeness (QED) is 0.207. The van der Waals surface area contributed by atoms with E-state index in [-0.39, 0.29) is 5.75 Å². The van der Waals surface area contributed by atoms with E-state index in [1.54, 1.807) is 6.07 Å². The number of aromatic hydroxyl groups is 1. The average Bonchev–Trinajstić information content (AvgIpc) is 2.92. The Hall–Kier alpha value is -3.52. The monoisotopic (exact) mass is 506 g/mol. The Labute approximate surface area is 229 Å². The third-order valence-corrected chi connectivity index (χ3v) is 7.38. The molecule has 0 fully saturated rings. The van der Waals surface area contributed by atoms with Crippen molar-refractivity contribution in [1.82, 2.24) is 0 Å². The first-order valence-corrected chi connectivity index (χ1v) is 14.2. The number of ether oxygens (including phenoxy) is 1. The number of hydrogen-bond acceptors (Lipinski definition) is 2. The van der Waals surface area contributed by atoms with Crippen molar-refractivity contribution in [2.75, 3.05) is 0 Å². The van der Waals surface area contributed by atoms with Crippen LogP contribution in [0.4, 0.5) is 0 Å². The van der Waals surface area contributed by atoms with Crippen LogP contribution < -0.4 is 4.74 Å². The Kier molecular flexibility index (Phi) is 9.65. The summed E-state index contributed by atoms with van der Waals surface area (Å²) in [5.74, 6) is 2.33. The van der Waals surface area contributed by atoms with Crippen molar-refractivity contribution in [3.63, 3.8) is 0 Å². The van der Waals surface area contributed by atoms with Gasteiger partial charge in [0.25, 0.3) is 0 Å². The molecular weight excluding hydrogens is 464 g/mol. The van der Waals surface area contributed by atoms with E-state index >= 15 is 0 Å². The number of aryl methyl sites for hydroxylation is 2. The predicted octanol–water partition coefficient (Wildman–Crippen LogP) is 9.78. The maximum Gasteiger partial charge on any atom is 0.169 e. The number of rotatable bonds is 12. The Balaban J connectivity index is 1.38. The zero-order valence-electron chi connectivity index (χ0n) is 23.4. The molecular formula is C36H42O2. The SMILES string of the molecule is CCCc1cccc(C(C)Cc2cccc(C(C)Cc3ccc(Oc4cc(CCC)ccc4O)cc3)c2)c1. The molecule has 0 saturated carbocycles. The highest BCUT2D eigenvalue weighted by molar-refractivity contribution is 5.45. The number of phenols is 1. The van der Waals surface area contributed by atoms with Gasteiger partial charge in [-0.15, -0.1) is 0 Å². The number of benzene rings is 4. The zero-order chi connectivity index (χ0) is 26.9. The maximum absolute atomic E-state index is 10.2. The highest BCUT2D eigenvalue weighted by Crippen LogP contribution is 2.33. The normalized spacial score (nSPS) is 12.7. The van der Waals surface area contributed by atoms with E-state index in [9.17, 15) is 5.11 Å². The summed E-state index contributed by atoms with van der Waals surface area (Å²) in [7, 11) is 0. The first-order valence-electron chi connectivity index (χ1n) is 14.2. The van der Waals surface area contributed by atoms with Gasteiger partial charge >= 0.3 is 0 Å². The maximum atomic E-state index is 10.2. The molecule has 0 aromatic heterocycles. The fourth-order valence-corrected chi connectivity index (χ4v) is 5.22. The van der Waals surface area contributed by atoms with Crippen LogP contribution >= 0.6 is 0 Å². The largest absolute Gasteiger partial charge is 0.504 e. The lowest BCUT2D eigenvalue weighted by Gasteiger charge is -2.17. The predicted molar refractivity (Wildman–Crippen MR) is 160 cm³/mol. The fraction of sp³-hybridized carbons (Fsp3) is 0.333. The van der Waals surface area contributed by atoms with Crippen molar-refractivity contribution in [3.8, 4) is 17.2 Å². The minimum absolute atomic E-state index is 0.172. The molecule has 0 bridgehead atoms. The van der Waals surface area contributed by atoms with Crippen LogP contribution in [0.25, 0.3) is 0 Å². The molecule has 4 rings (SSSR count). The van der Waals surface area contributed by atoms with Gasteiger partial charge in [-0.25, -0.2) is 0 Å². The van der Waals surface area contributed by atoms with Crippen LogP contribution in [0.1, 0.15) is 85.8 Å². The van der Waals surface area contributed by atoms with Crippen LogP contribution in [-0.4, -0.2) is 5.11 Å². The van der Waals surface area contributed by atoms with Crippen LogP contribution in [0.2, 0.25) is 0 Å². The molecule has 0 radical (unpaired) electrons. The van der Waals surface area contributed by atoms with Crippen LogP contribution in [0.3, 0.4) is 0 Å². The average molecular weight is 507 g/mol. The van der Waals surface area contributed by atoms with Gasteiger partial charge in [-0.1, -0.05) is 107 Å². The Morgan fingerprint density at radius 1 is 0.605 bits per heavy atom. The van der Waals surface area contributed by atoms with Gasteiger partial charge in [-0.2, -0.15) is 0 Å². The molecule has 0 heterocycles. The number of phenolic OH excluding ortho intramolecular Hbond substituents is 1. The molecule has 2 nitrogen and oxygen atoms in total. The molecule has 0 aliphatic heterocycles. The summed E-state index contributed by atoms with van der Waals surface area (Å²) in [6.07, 6.45) is 6.38. The molecule has 2 unspecified atom stereocenters. The molecule has 38 heavy (non-hydrogen) atoms. The summed E-state index contributed by atoms with van der Waals surface area (Å²) in [6, 6.07) is 32.1. The molecule has 198 valence electrons. The summed E-state index contributed by atoms with van der Waals surface area (Å²) in [5, 5.41) is 10.2.